The Labute approximate surface area is 117 Å². The second-order valence-corrected chi connectivity index (χ2v) is 6.21. The van der Waals surface area contributed by atoms with E-state index in [-0.39, 0.29) is 0 Å². The van der Waals surface area contributed by atoms with Crippen LogP contribution in [0, 0.1) is 11.8 Å². The first-order valence-electron chi connectivity index (χ1n) is 7.49. The standard InChI is InChI=1S/C17H27NO/c1-12(2)11-14-5-7-15(8-6-14)16(18-4)17-13(3)9-10-19-17/h5-8,12-13,16-18H,9-11H2,1-4H3. The van der Waals surface area contributed by atoms with Gasteiger partial charge in [0.2, 0.25) is 0 Å². The van der Waals surface area contributed by atoms with Crippen molar-refractivity contribution in [2.45, 2.75) is 45.8 Å². The zero-order chi connectivity index (χ0) is 13.8. The number of benzene rings is 1. The fraction of sp³-hybridized carbons (Fsp3) is 0.647. The molecule has 2 rings (SSSR count). The van der Waals surface area contributed by atoms with E-state index in [9.17, 15) is 0 Å². The summed E-state index contributed by atoms with van der Waals surface area (Å²) in [5.41, 5.74) is 2.77. The van der Waals surface area contributed by atoms with Crippen LogP contribution in [0.15, 0.2) is 24.3 Å². The van der Waals surface area contributed by atoms with Crippen molar-refractivity contribution in [2.75, 3.05) is 13.7 Å². The Morgan fingerprint density at radius 3 is 2.42 bits per heavy atom. The van der Waals surface area contributed by atoms with Crippen LogP contribution >= 0.6 is 0 Å². The molecule has 0 spiro atoms. The Balaban J connectivity index is 2.10. The smallest absolute Gasteiger partial charge is 0.0795 e. The molecule has 0 radical (unpaired) electrons. The highest BCUT2D eigenvalue weighted by Gasteiger charge is 2.31. The van der Waals surface area contributed by atoms with E-state index < -0.39 is 0 Å². The van der Waals surface area contributed by atoms with Crippen molar-refractivity contribution in [3.63, 3.8) is 0 Å². The SMILES string of the molecule is CNC(c1ccc(CC(C)C)cc1)C1OCCC1C. The Hall–Kier alpha value is -0.860. The quantitative estimate of drug-likeness (QED) is 0.875. The molecule has 3 atom stereocenters. The molecular formula is C17H27NO. The zero-order valence-electron chi connectivity index (χ0n) is 12.6. The van der Waals surface area contributed by atoms with E-state index in [1.165, 1.54) is 17.5 Å². The molecule has 1 heterocycles. The van der Waals surface area contributed by atoms with Gasteiger partial charge in [-0.05, 0) is 42.9 Å². The molecule has 0 bridgehead atoms. The Bertz CT molecular complexity index is 385. The van der Waals surface area contributed by atoms with Gasteiger partial charge in [0.1, 0.15) is 0 Å². The molecule has 19 heavy (non-hydrogen) atoms. The summed E-state index contributed by atoms with van der Waals surface area (Å²) in [6.45, 7) is 7.71. The minimum Gasteiger partial charge on any atom is -0.376 e. The molecule has 1 N–H and O–H groups in total. The van der Waals surface area contributed by atoms with Gasteiger partial charge in [0.05, 0.1) is 12.1 Å². The highest BCUT2D eigenvalue weighted by atomic mass is 16.5. The summed E-state index contributed by atoms with van der Waals surface area (Å²) >= 11 is 0. The Morgan fingerprint density at radius 1 is 1.26 bits per heavy atom. The fourth-order valence-corrected chi connectivity index (χ4v) is 3.00. The number of ether oxygens (including phenoxy) is 1. The summed E-state index contributed by atoms with van der Waals surface area (Å²) in [5, 5.41) is 3.43. The lowest BCUT2D eigenvalue weighted by atomic mass is 9.91. The molecule has 2 nitrogen and oxygen atoms in total. The van der Waals surface area contributed by atoms with Crippen LogP contribution in [0.2, 0.25) is 0 Å². The van der Waals surface area contributed by atoms with Gasteiger partial charge in [-0.2, -0.15) is 0 Å². The van der Waals surface area contributed by atoms with Crippen molar-refractivity contribution >= 4 is 0 Å². The maximum Gasteiger partial charge on any atom is 0.0795 e. The Morgan fingerprint density at radius 2 is 1.95 bits per heavy atom. The summed E-state index contributed by atoms with van der Waals surface area (Å²) in [6, 6.07) is 9.35. The normalized spacial score (nSPS) is 24.9. The number of hydrogen-bond donors (Lipinski definition) is 1. The molecular weight excluding hydrogens is 234 g/mol. The van der Waals surface area contributed by atoms with Crippen molar-refractivity contribution in [1.82, 2.24) is 5.32 Å². The first-order valence-corrected chi connectivity index (χ1v) is 7.49. The van der Waals surface area contributed by atoms with Gasteiger partial charge in [-0.15, -0.1) is 0 Å². The number of likely N-dealkylation sites (N-methyl/N-ethyl adjacent to an activating group) is 1. The number of hydrogen-bond acceptors (Lipinski definition) is 2. The Kier molecular flexibility index (Phi) is 5.00. The molecule has 0 saturated carbocycles. The summed E-state index contributed by atoms with van der Waals surface area (Å²) in [6.07, 6.45) is 2.63. The van der Waals surface area contributed by atoms with Crippen LogP contribution in [0.25, 0.3) is 0 Å². The maximum atomic E-state index is 5.90. The fourth-order valence-electron chi connectivity index (χ4n) is 3.00. The molecule has 0 aliphatic carbocycles. The van der Waals surface area contributed by atoms with Gasteiger partial charge in [-0.25, -0.2) is 0 Å². The first kappa shape index (κ1) is 14.5. The summed E-state index contributed by atoms with van der Waals surface area (Å²) in [4.78, 5) is 0. The third-order valence-electron chi connectivity index (χ3n) is 4.07. The lowest BCUT2D eigenvalue weighted by Gasteiger charge is -2.26. The van der Waals surface area contributed by atoms with Gasteiger partial charge in [0, 0.05) is 6.61 Å². The van der Waals surface area contributed by atoms with Gasteiger partial charge in [0.25, 0.3) is 0 Å². The van der Waals surface area contributed by atoms with Gasteiger partial charge < -0.3 is 10.1 Å². The van der Waals surface area contributed by atoms with Crippen LogP contribution in [-0.4, -0.2) is 19.8 Å². The van der Waals surface area contributed by atoms with Gasteiger partial charge in [0.15, 0.2) is 0 Å². The molecule has 1 fully saturated rings. The molecule has 1 aliphatic rings. The topological polar surface area (TPSA) is 21.3 Å². The van der Waals surface area contributed by atoms with Gasteiger partial charge >= 0.3 is 0 Å². The minimum atomic E-state index is 0.306. The predicted octanol–water partition coefficient (Wildman–Crippen LogP) is 3.57. The van der Waals surface area contributed by atoms with E-state index in [0.717, 1.165) is 13.0 Å². The zero-order valence-corrected chi connectivity index (χ0v) is 12.6. The molecule has 1 aromatic rings. The maximum absolute atomic E-state index is 5.90. The lowest BCUT2D eigenvalue weighted by Crippen LogP contribution is -2.32. The van der Waals surface area contributed by atoms with E-state index in [1.807, 2.05) is 7.05 Å². The number of rotatable bonds is 5. The average molecular weight is 261 g/mol. The van der Waals surface area contributed by atoms with Crippen LogP contribution in [0.1, 0.15) is 44.4 Å². The molecule has 2 heteroatoms. The van der Waals surface area contributed by atoms with Crippen molar-refractivity contribution in [3.8, 4) is 0 Å². The van der Waals surface area contributed by atoms with E-state index in [2.05, 4.69) is 50.4 Å². The van der Waals surface area contributed by atoms with Gasteiger partial charge in [-0.3, -0.25) is 0 Å². The molecule has 0 aromatic heterocycles. The van der Waals surface area contributed by atoms with Crippen molar-refractivity contribution < 1.29 is 4.74 Å². The summed E-state index contributed by atoms with van der Waals surface area (Å²) in [5.74, 6) is 1.34. The van der Waals surface area contributed by atoms with Crippen molar-refractivity contribution in [1.29, 1.82) is 0 Å². The molecule has 1 aromatic carbocycles. The summed E-state index contributed by atoms with van der Waals surface area (Å²) in [7, 11) is 2.03. The molecule has 106 valence electrons. The third-order valence-corrected chi connectivity index (χ3v) is 4.07. The van der Waals surface area contributed by atoms with E-state index in [0.29, 0.717) is 24.0 Å². The second-order valence-electron chi connectivity index (χ2n) is 6.21. The van der Waals surface area contributed by atoms with Crippen molar-refractivity contribution in [3.05, 3.63) is 35.4 Å². The summed E-state index contributed by atoms with van der Waals surface area (Å²) < 4.78 is 5.90. The van der Waals surface area contributed by atoms with E-state index in [4.69, 9.17) is 4.74 Å². The highest BCUT2D eigenvalue weighted by Crippen LogP contribution is 2.31. The minimum absolute atomic E-state index is 0.306. The van der Waals surface area contributed by atoms with Crippen LogP contribution in [0.4, 0.5) is 0 Å². The molecule has 0 amide bonds. The van der Waals surface area contributed by atoms with Crippen LogP contribution < -0.4 is 5.32 Å². The second kappa shape index (κ2) is 6.53. The van der Waals surface area contributed by atoms with Crippen LogP contribution in [0.3, 0.4) is 0 Å². The number of nitrogens with one attached hydrogen (secondary N) is 1. The van der Waals surface area contributed by atoms with Crippen LogP contribution in [0.5, 0.6) is 0 Å². The molecule has 3 unspecified atom stereocenters. The lowest BCUT2D eigenvalue weighted by molar-refractivity contribution is 0.0631. The average Bonchev–Trinajstić information content (AvgIpc) is 2.78. The largest absolute Gasteiger partial charge is 0.376 e. The third kappa shape index (κ3) is 3.58. The highest BCUT2D eigenvalue weighted by molar-refractivity contribution is 5.26. The molecule has 1 saturated heterocycles. The molecule has 1 aliphatic heterocycles. The van der Waals surface area contributed by atoms with Gasteiger partial charge in [-0.1, -0.05) is 45.0 Å². The van der Waals surface area contributed by atoms with Crippen LogP contribution in [-0.2, 0) is 11.2 Å². The predicted molar refractivity (Wildman–Crippen MR) is 80.3 cm³/mol. The van der Waals surface area contributed by atoms with Crippen molar-refractivity contribution in [2.24, 2.45) is 11.8 Å². The van der Waals surface area contributed by atoms with E-state index in [1.54, 1.807) is 0 Å². The first-order chi connectivity index (χ1) is 9.11. The van der Waals surface area contributed by atoms with E-state index >= 15 is 0 Å². The monoisotopic (exact) mass is 261 g/mol.